The molecule has 1 aliphatic heterocycles. The molecule has 0 saturated carbocycles. The van der Waals surface area contributed by atoms with Gasteiger partial charge in [0, 0.05) is 31.6 Å². The molecule has 0 atom stereocenters. The maximum absolute atomic E-state index is 13.4. The van der Waals surface area contributed by atoms with Crippen molar-refractivity contribution in [2.24, 2.45) is 0 Å². The zero-order valence-corrected chi connectivity index (χ0v) is 21.6. The van der Waals surface area contributed by atoms with Crippen molar-refractivity contribution in [3.63, 3.8) is 0 Å². The third kappa shape index (κ3) is 6.63. The molecule has 36 heavy (non-hydrogen) atoms. The average Bonchev–Trinajstić information content (AvgIpc) is 3.15. The van der Waals surface area contributed by atoms with Crippen LogP contribution < -0.4 is 5.73 Å². The molecule has 0 bridgehead atoms. The number of unbranched alkanes of at least 4 members (excludes halogenated alkanes) is 2. The van der Waals surface area contributed by atoms with Gasteiger partial charge in [0.1, 0.15) is 29.8 Å². The first kappa shape index (κ1) is 26.1. The number of benzene rings is 1. The van der Waals surface area contributed by atoms with E-state index in [1.807, 2.05) is 29.7 Å². The highest BCUT2D eigenvalue weighted by Gasteiger charge is 2.19. The van der Waals surface area contributed by atoms with Crippen LogP contribution in [0.15, 0.2) is 30.3 Å². The van der Waals surface area contributed by atoms with Crippen molar-refractivity contribution >= 4 is 16.9 Å². The first-order valence-corrected chi connectivity index (χ1v) is 13.2. The monoisotopic (exact) mass is 491 g/mol. The molecule has 4 rings (SSSR count). The minimum absolute atomic E-state index is 0.352. The smallest absolute Gasteiger partial charge is 0.151 e. The molecule has 1 fully saturated rings. The van der Waals surface area contributed by atoms with E-state index in [1.165, 1.54) is 0 Å². The van der Waals surface area contributed by atoms with Gasteiger partial charge < -0.3 is 19.9 Å². The van der Waals surface area contributed by atoms with Gasteiger partial charge in [-0.15, -0.1) is 0 Å². The maximum atomic E-state index is 13.4. The van der Waals surface area contributed by atoms with Gasteiger partial charge in [0.05, 0.1) is 12.2 Å². The van der Waals surface area contributed by atoms with Crippen molar-refractivity contribution in [1.29, 1.82) is 0 Å². The van der Waals surface area contributed by atoms with Gasteiger partial charge in [-0.3, -0.25) is 0 Å². The molecule has 3 aromatic rings. The summed E-state index contributed by atoms with van der Waals surface area (Å²) in [5.74, 6) is 7.98. The summed E-state index contributed by atoms with van der Waals surface area (Å²) in [4.78, 5) is 11.8. The molecule has 6 nitrogen and oxygen atoms in total. The Hall–Kier alpha value is -2.95. The van der Waals surface area contributed by atoms with Gasteiger partial charge in [-0.05, 0) is 44.7 Å². The molecule has 0 unspecified atom stereocenters. The predicted molar refractivity (Wildman–Crippen MR) is 143 cm³/mol. The second-order valence-corrected chi connectivity index (χ2v) is 9.60. The van der Waals surface area contributed by atoms with E-state index in [4.69, 9.17) is 15.5 Å². The maximum Gasteiger partial charge on any atom is 0.151 e. The van der Waals surface area contributed by atoms with Crippen LogP contribution in [-0.4, -0.2) is 45.2 Å². The first-order chi connectivity index (χ1) is 17.6. The van der Waals surface area contributed by atoms with Crippen LogP contribution in [0.3, 0.4) is 0 Å². The highest BCUT2D eigenvalue weighted by atomic mass is 19.1. The average molecular weight is 492 g/mol. The molecular formula is C29H38FN5O. The van der Waals surface area contributed by atoms with Crippen LogP contribution in [-0.2, 0) is 24.5 Å². The summed E-state index contributed by atoms with van der Waals surface area (Å²) in [7, 11) is 0. The first-order valence-electron chi connectivity index (χ1n) is 13.2. The van der Waals surface area contributed by atoms with E-state index in [0.717, 1.165) is 85.4 Å². The summed E-state index contributed by atoms with van der Waals surface area (Å²) in [5.41, 5.74) is 11.1. The summed E-state index contributed by atoms with van der Waals surface area (Å²) >= 11 is 0. The lowest BCUT2D eigenvalue weighted by atomic mass is 10.1. The Morgan fingerprint density at radius 1 is 1.14 bits per heavy atom. The molecular weight excluding hydrogens is 453 g/mol. The van der Waals surface area contributed by atoms with Crippen molar-refractivity contribution in [3.8, 4) is 11.8 Å². The van der Waals surface area contributed by atoms with Crippen LogP contribution >= 0.6 is 0 Å². The summed E-state index contributed by atoms with van der Waals surface area (Å²) in [6.45, 7) is 7.72. The van der Waals surface area contributed by atoms with Gasteiger partial charge >= 0.3 is 0 Å². The highest BCUT2D eigenvalue weighted by Crippen LogP contribution is 2.28. The number of piperidine rings is 1. The van der Waals surface area contributed by atoms with Gasteiger partial charge in [0.15, 0.2) is 5.82 Å². The third-order valence-electron chi connectivity index (χ3n) is 6.82. The number of nitrogen functional groups attached to an aromatic ring is 1. The topological polar surface area (TPSA) is 69.2 Å². The summed E-state index contributed by atoms with van der Waals surface area (Å²) in [6, 6.07) is 10.1. The fourth-order valence-electron chi connectivity index (χ4n) is 4.69. The second kappa shape index (κ2) is 12.8. The number of alkyl halides is 1. The molecule has 1 saturated heterocycles. The van der Waals surface area contributed by atoms with Gasteiger partial charge in [-0.25, -0.2) is 14.4 Å². The minimum atomic E-state index is -0.630. The molecule has 0 aliphatic carbocycles. The standard InChI is InChI=1S/C29H38FN5O/c1-3-4-14-26-32-27-25(13-9-6-10-17-34-18-15-24(30)16-19-34)22(2)35(28(27)29(31)33-26)21-36-20-23-11-7-5-8-12-23/h5,7-8,11-12,24H,3-4,6,10,14-21H2,1-2H3,(H2,31,32,33). The minimum Gasteiger partial charge on any atom is -0.382 e. The molecule has 7 heteroatoms. The molecule has 1 aliphatic rings. The molecule has 0 radical (unpaired) electrons. The number of fused-ring (bicyclic) bond motifs is 1. The number of nitrogens with zero attached hydrogens (tertiary/aromatic N) is 4. The third-order valence-corrected chi connectivity index (χ3v) is 6.82. The molecule has 1 aromatic carbocycles. The lowest BCUT2D eigenvalue weighted by Gasteiger charge is -2.28. The number of aryl methyl sites for hydroxylation is 1. The second-order valence-electron chi connectivity index (χ2n) is 9.60. The number of aromatic nitrogens is 3. The zero-order chi connectivity index (χ0) is 25.3. The Kier molecular flexibility index (Phi) is 9.32. The van der Waals surface area contributed by atoms with Crippen LogP contribution in [0.2, 0.25) is 0 Å². The van der Waals surface area contributed by atoms with E-state index in [0.29, 0.717) is 32.0 Å². The quantitative estimate of drug-likeness (QED) is 0.304. The van der Waals surface area contributed by atoms with E-state index in [-0.39, 0.29) is 0 Å². The van der Waals surface area contributed by atoms with Crippen LogP contribution in [0.5, 0.6) is 0 Å². The lowest BCUT2D eigenvalue weighted by molar-refractivity contribution is 0.0657. The van der Waals surface area contributed by atoms with E-state index in [1.54, 1.807) is 0 Å². The SMILES string of the molecule is CCCCc1nc(N)c2c(n1)c(C#CCCCN1CCC(F)CC1)c(C)n2COCc1ccccc1. The number of hydrogen-bond donors (Lipinski definition) is 1. The number of likely N-dealkylation sites (tertiary alicyclic amines) is 1. The lowest BCUT2D eigenvalue weighted by Crippen LogP contribution is -2.34. The zero-order valence-electron chi connectivity index (χ0n) is 21.6. The normalized spacial score (nSPS) is 14.8. The van der Waals surface area contributed by atoms with Crippen molar-refractivity contribution in [2.45, 2.75) is 78.3 Å². The Labute approximate surface area is 214 Å². The molecule has 0 spiro atoms. The Morgan fingerprint density at radius 3 is 2.67 bits per heavy atom. The summed E-state index contributed by atoms with van der Waals surface area (Å²) in [5, 5.41) is 0. The van der Waals surface area contributed by atoms with Crippen LogP contribution in [0.1, 0.15) is 68.1 Å². The van der Waals surface area contributed by atoms with Gasteiger partial charge in [-0.1, -0.05) is 55.5 Å². The van der Waals surface area contributed by atoms with Crippen molar-refractivity contribution in [3.05, 3.63) is 53.0 Å². The molecule has 2 N–H and O–H groups in total. The van der Waals surface area contributed by atoms with E-state index in [2.05, 4.69) is 40.8 Å². The van der Waals surface area contributed by atoms with Crippen LogP contribution in [0, 0.1) is 18.8 Å². The largest absolute Gasteiger partial charge is 0.382 e. The Morgan fingerprint density at radius 2 is 1.92 bits per heavy atom. The van der Waals surface area contributed by atoms with E-state index in [9.17, 15) is 4.39 Å². The van der Waals surface area contributed by atoms with Gasteiger partial charge in [-0.2, -0.15) is 0 Å². The van der Waals surface area contributed by atoms with Crippen LogP contribution in [0.25, 0.3) is 11.0 Å². The van der Waals surface area contributed by atoms with Crippen LogP contribution in [0.4, 0.5) is 10.2 Å². The number of ether oxygens (including phenoxy) is 1. The number of nitrogens with two attached hydrogens (primary N) is 1. The van der Waals surface area contributed by atoms with E-state index < -0.39 is 6.17 Å². The molecule has 0 amide bonds. The van der Waals surface area contributed by atoms with Crippen molar-refractivity contribution in [1.82, 2.24) is 19.4 Å². The fourth-order valence-corrected chi connectivity index (χ4v) is 4.69. The number of halogens is 1. The predicted octanol–water partition coefficient (Wildman–Crippen LogP) is 5.40. The number of hydrogen-bond acceptors (Lipinski definition) is 5. The van der Waals surface area contributed by atoms with Gasteiger partial charge in [0.25, 0.3) is 0 Å². The van der Waals surface area contributed by atoms with E-state index >= 15 is 0 Å². The summed E-state index contributed by atoms with van der Waals surface area (Å²) < 4.78 is 21.5. The molecule has 2 aromatic heterocycles. The fraction of sp³-hybridized carbons (Fsp3) is 0.517. The van der Waals surface area contributed by atoms with Crippen molar-refractivity contribution in [2.75, 3.05) is 25.4 Å². The van der Waals surface area contributed by atoms with Crippen molar-refractivity contribution < 1.29 is 9.13 Å². The van der Waals surface area contributed by atoms with Gasteiger partial charge in [0.2, 0.25) is 0 Å². The molecule has 192 valence electrons. The number of rotatable bonds is 10. The molecule has 3 heterocycles. The Balaban J connectivity index is 1.52. The summed E-state index contributed by atoms with van der Waals surface area (Å²) in [6.07, 6.45) is 5.32. The number of anilines is 1. The highest BCUT2D eigenvalue weighted by molar-refractivity contribution is 5.91. The Bertz CT molecular complexity index is 1190.